The van der Waals surface area contributed by atoms with Crippen molar-refractivity contribution in [1.29, 1.82) is 0 Å². The molecule has 0 fully saturated rings. The summed E-state index contributed by atoms with van der Waals surface area (Å²) >= 11 is 0. The molecule has 0 spiro atoms. The van der Waals surface area contributed by atoms with Crippen molar-refractivity contribution in [3.8, 4) is 11.1 Å². The number of amides is 1. The largest absolute Gasteiger partial charge is 0.347 e. The van der Waals surface area contributed by atoms with Gasteiger partial charge in [-0.3, -0.25) is 4.79 Å². The molecule has 0 atom stereocenters. The van der Waals surface area contributed by atoms with Gasteiger partial charge in [-0.2, -0.15) is 0 Å². The molecule has 26 heavy (non-hydrogen) atoms. The average molecular weight is 340 g/mol. The first-order valence-corrected chi connectivity index (χ1v) is 8.79. The SMILES string of the molecule is O=C(CCn1ccc2ccccc21)Nc1ccccc1-c1ccccc1. The van der Waals surface area contributed by atoms with Gasteiger partial charge in [0.15, 0.2) is 0 Å². The molecule has 0 saturated carbocycles. The Bertz CT molecular complexity index is 1030. The van der Waals surface area contributed by atoms with Gasteiger partial charge in [0, 0.05) is 35.9 Å². The van der Waals surface area contributed by atoms with Crippen molar-refractivity contribution in [2.45, 2.75) is 13.0 Å². The lowest BCUT2D eigenvalue weighted by Crippen LogP contribution is -2.14. The van der Waals surface area contributed by atoms with Crippen LogP contribution in [0.2, 0.25) is 0 Å². The number of hydrogen-bond donors (Lipinski definition) is 1. The number of fused-ring (bicyclic) bond motifs is 1. The molecule has 0 bridgehead atoms. The second-order valence-corrected chi connectivity index (χ2v) is 6.28. The van der Waals surface area contributed by atoms with E-state index in [4.69, 9.17) is 0 Å². The van der Waals surface area contributed by atoms with E-state index in [-0.39, 0.29) is 5.91 Å². The van der Waals surface area contributed by atoms with Crippen LogP contribution in [0.4, 0.5) is 5.69 Å². The third-order valence-corrected chi connectivity index (χ3v) is 4.55. The van der Waals surface area contributed by atoms with E-state index in [1.807, 2.05) is 60.8 Å². The molecule has 1 amide bonds. The summed E-state index contributed by atoms with van der Waals surface area (Å²) in [7, 11) is 0. The summed E-state index contributed by atoms with van der Waals surface area (Å²) in [6.45, 7) is 0.660. The topological polar surface area (TPSA) is 34.0 Å². The Kier molecular flexibility index (Phi) is 4.52. The summed E-state index contributed by atoms with van der Waals surface area (Å²) in [5.41, 5.74) is 4.14. The Labute approximate surface area is 152 Å². The van der Waals surface area contributed by atoms with Gasteiger partial charge in [0.05, 0.1) is 0 Å². The number of aromatic nitrogens is 1. The lowest BCUT2D eigenvalue weighted by molar-refractivity contribution is -0.116. The molecule has 3 aromatic carbocycles. The molecule has 0 saturated heterocycles. The number of carbonyl (C=O) groups is 1. The number of aryl methyl sites for hydroxylation is 1. The molecule has 0 aliphatic carbocycles. The molecule has 1 heterocycles. The predicted molar refractivity (Wildman–Crippen MR) is 107 cm³/mol. The van der Waals surface area contributed by atoms with Gasteiger partial charge in [0.1, 0.15) is 0 Å². The highest BCUT2D eigenvalue weighted by atomic mass is 16.1. The number of anilines is 1. The number of hydrogen-bond acceptors (Lipinski definition) is 1. The zero-order chi connectivity index (χ0) is 17.8. The fourth-order valence-electron chi connectivity index (χ4n) is 3.23. The minimum atomic E-state index is 0.0196. The van der Waals surface area contributed by atoms with Crippen LogP contribution in [-0.4, -0.2) is 10.5 Å². The van der Waals surface area contributed by atoms with Crippen LogP contribution in [0.1, 0.15) is 6.42 Å². The first-order chi connectivity index (χ1) is 12.8. The molecule has 128 valence electrons. The molecule has 0 radical (unpaired) electrons. The van der Waals surface area contributed by atoms with Crippen molar-refractivity contribution < 1.29 is 4.79 Å². The summed E-state index contributed by atoms with van der Waals surface area (Å²) in [6, 6.07) is 28.3. The van der Waals surface area contributed by atoms with Gasteiger partial charge in [-0.25, -0.2) is 0 Å². The fourth-order valence-corrected chi connectivity index (χ4v) is 3.23. The quantitative estimate of drug-likeness (QED) is 0.523. The molecule has 4 rings (SSSR count). The van der Waals surface area contributed by atoms with Crippen LogP contribution in [0, 0.1) is 0 Å². The van der Waals surface area contributed by atoms with Gasteiger partial charge in [0.25, 0.3) is 0 Å². The zero-order valence-corrected chi connectivity index (χ0v) is 14.4. The Morgan fingerprint density at radius 2 is 1.54 bits per heavy atom. The fraction of sp³-hybridized carbons (Fsp3) is 0.0870. The van der Waals surface area contributed by atoms with E-state index < -0.39 is 0 Å². The standard InChI is InChI=1S/C23H20N2O/c26-23(15-17-25-16-14-19-10-4-7-13-22(19)25)24-21-12-6-5-11-20(21)18-8-2-1-3-9-18/h1-14,16H,15,17H2,(H,24,26). The molecule has 3 heteroatoms. The van der Waals surface area contributed by atoms with Crippen molar-refractivity contribution >= 4 is 22.5 Å². The van der Waals surface area contributed by atoms with Crippen molar-refractivity contribution in [2.75, 3.05) is 5.32 Å². The minimum Gasteiger partial charge on any atom is -0.347 e. The van der Waals surface area contributed by atoms with Crippen molar-refractivity contribution in [1.82, 2.24) is 4.57 Å². The third kappa shape index (κ3) is 3.38. The molecule has 4 aromatic rings. The Balaban J connectivity index is 1.47. The number of nitrogens with zero attached hydrogens (tertiary/aromatic N) is 1. The van der Waals surface area contributed by atoms with Crippen molar-refractivity contribution in [3.63, 3.8) is 0 Å². The molecule has 0 aliphatic heterocycles. The van der Waals surface area contributed by atoms with E-state index in [0.29, 0.717) is 13.0 Å². The number of rotatable bonds is 5. The number of benzene rings is 3. The van der Waals surface area contributed by atoms with E-state index in [9.17, 15) is 4.79 Å². The van der Waals surface area contributed by atoms with Gasteiger partial charge < -0.3 is 9.88 Å². The lowest BCUT2D eigenvalue weighted by Gasteiger charge is -2.12. The maximum atomic E-state index is 12.5. The number of carbonyl (C=O) groups excluding carboxylic acids is 1. The predicted octanol–water partition coefficient (Wildman–Crippen LogP) is 5.34. The highest BCUT2D eigenvalue weighted by molar-refractivity contribution is 5.95. The summed E-state index contributed by atoms with van der Waals surface area (Å²) in [5, 5.41) is 4.26. The van der Waals surface area contributed by atoms with E-state index in [1.54, 1.807) is 0 Å². The second kappa shape index (κ2) is 7.28. The third-order valence-electron chi connectivity index (χ3n) is 4.55. The highest BCUT2D eigenvalue weighted by Gasteiger charge is 2.09. The Hall–Kier alpha value is -3.33. The number of nitrogens with one attached hydrogen (secondary N) is 1. The monoisotopic (exact) mass is 340 g/mol. The van der Waals surface area contributed by atoms with Crippen LogP contribution in [0.15, 0.2) is 91.1 Å². The van der Waals surface area contributed by atoms with Gasteiger partial charge in [0.2, 0.25) is 5.91 Å². The molecule has 0 aliphatic rings. The normalized spacial score (nSPS) is 10.8. The zero-order valence-electron chi connectivity index (χ0n) is 14.4. The number of para-hydroxylation sites is 2. The van der Waals surface area contributed by atoms with Crippen molar-refractivity contribution in [2.24, 2.45) is 0 Å². The molecule has 3 nitrogen and oxygen atoms in total. The summed E-state index contributed by atoms with van der Waals surface area (Å²) in [6.07, 6.45) is 2.47. The van der Waals surface area contributed by atoms with E-state index in [1.165, 1.54) is 5.39 Å². The maximum absolute atomic E-state index is 12.5. The first kappa shape index (κ1) is 16.2. The minimum absolute atomic E-state index is 0.0196. The summed E-state index contributed by atoms with van der Waals surface area (Å²) in [5.74, 6) is 0.0196. The second-order valence-electron chi connectivity index (χ2n) is 6.28. The Morgan fingerprint density at radius 1 is 0.808 bits per heavy atom. The first-order valence-electron chi connectivity index (χ1n) is 8.79. The smallest absolute Gasteiger partial charge is 0.226 e. The lowest BCUT2D eigenvalue weighted by atomic mass is 10.0. The van der Waals surface area contributed by atoms with Gasteiger partial charge in [-0.05, 0) is 29.1 Å². The molecule has 0 unspecified atom stereocenters. The molecule has 1 aromatic heterocycles. The average Bonchev–Trinajstić information content (AvgIpc) is 3.11. The van der Waals surface area contributed by atoms with Crippen LogP contribution >= 0.6 is 0 Å². The van der Waals surface area contributed by atoms with Crippen LogP contribution < -0.4 is 5.32 Å². The highest BCUT2D eigenvalue weighted by Crippen LogP contribution is 2.27. The van der Waals surface area contributed by atoms with Crippen LogP contribution in [0.3, 0.4) is 0 Å². The van der Waals surface area contributed by atoms with E-state index in [2.05, 4.69) is 40.2 Å². The van der Waals surface area contributed by atoms with E-state index in [0.717, 1.165) is 22.3 Å². The van der Waals surface area contributed by atoms with Crippen LogP contribution in [-0.2, 0) is 11.3 Å². The van der Waals surface area contributed by atoms with Gasteiger partial charge in [-0.15, -0.1) is 0 Å². The molecular formula is C23H20N2O. The van der Waals surface area contributed by atoms with Gasteiger partial charge >= 0.3 is 0 Å². The summed E-state index contributed by atoms with van der Waals surface area (Å²) < 4.78 is 2.12. The van der Waals surface area contributed by atoms with E-state index >= 15 is 0 Å². The van der Waals surface area contributed by atoms with Gasteiger partial charge in [-0.1, -0.05) is 66.7 Å². The molecule has 1 N–H and O–H groups in total. The van der Waals surface area contributed by atoms with Crippen molar-refractivity contribution in [3.05, 3.63) is 91.1 Å². The van der Waals surface area contributed by atoms with Crippen LogP contribution in [0.5, 0.6) is 0 Å². The van der Waals surface area contributed by atoms with Crippen LogP contribution in [0.25, 0.3) is 22.0 Å². The summed E-state index contributed by atoms with van der Waals surface area (Å²) in [4.78, 5) is 12.5. The molecular weight excluding hydrogens is 320 g/mol. The maximum Gasteiger partial charge on any atom is 0.226 e. The Morgan fingerprint density at radius 3 is 2.42 bits per heavy atom.